The Kier molecular flexibility index (Phi) is 4.76. The lowest BCUT2D eigenvalue weighted by Crippen LogP contribution is -2.03. The van der Waals surface area contributed by atoms with E-state index in [0.29, 0.717) is 11.4 Å². The largest absolute Gasteiger partial charge is 0.330 e. The maximum atomic E-state index is 11.1. The Bertz CT molecular complexity index is 629. The van der Waals surface area contributed by atoms with Gasteiger partial charge in [-0.05, 0) is 43.1 Å². The third-order valence-electron chi connectivity index (χ3n) is 2.92. The Morgan fingerprint density at radius 3 is 2.65 bits per heavy atom. The summed E-state index contributed by atoms with van der Waals surface area (Å²) in [6.07, 6.45) is 0.767. The van der Waals surface area contributed by atoms with Crippen molar-refractivity contribution >= 4 is 17.4 Å². The second-order valence-corrected chi connectivity index (χ2v) is 5.56. The fourth-order valence-electron chi connectivity index (χ4n) is 1.94. The lowest BCUT2D eigenvalue weighted by Gasteiger charge is -2.08. The Labute approximate surface area is 122 Å². The van der Waals surface area contributed by atoms with E-state index in [9.17, 15) is 10.1 Å². The average molecular weight is 288 g/mol. The standard InChI is InChI=1S/C15H16N2O2S/c1-11-6-7-15(13(10-11)17(18)19)20-14-5-3-2-4-12(14)8-9-16/h2-7,10H,8-9,16H2,1H3. The van der Waals surface area contributed by atoms with Crippen molar-refractivity contribution in [2.45, 2.75) is 23.1 Å². The number of nitro groups is 1. The SMILES string of the molecule is Cc1ccc(Sc2ccccc2CCN)c([N+](=O)[O-])c1. The smallest absolute Gasteiger partial charge is 0.283 e. The van der Waals surface area contributed by atoms with Gasteiger partial charge in [-0.1, -0.05) is 36.0 Å². The van der Waals surface area contributed by atoms with Gasteiger partial charge in [0.25, 0.3) is 5.69 Å². The van der Waals surface area contributed by atoms with E-state index in [1.54, 1.807) is 12.1 Å². The zero-order chi connectivity index (χ0) is 14.5. The molecule has 0 aromatic heterocycles. The summed E-state index contributed by atoms with van der Waals surface area (Å²) in [7, 11) is 0. The maximum Gasteiger partial charge on any atom is 0.283 e. The van der Waals surface area contributed by atoms with Crippen LogP contribution in [0.15, 0.2) is 52.3 Å². The molecule has 0 bridgehead atoms. The van der Waals surface area contributed by atoms with E-state index in [2.05, 4.69) is 0 Å². The fourth-order valence-corrected chi connectivity index (χ4v) is 3.00. The van der Waals surface area contributed by atoms with Gasteiger partial charge in [0.1, 0.15) is 0 Å². The normalized spacial score (nSPS) is 10.5. The molecule has 2 rings (SSSR count). The van der Waals surface area contributed by atoms with Crippen LogP contribution in [-0.2, 0) is 6.42 Å². The molecule has 4 nitrogen and oxygen atoms in total. The van der Waals surface area contributed by atoms with Crippen molar-refractivity contribution in [1.29, 1.82) is 0 Å². The lowest BCUT2D eigenvalue weighted by molar-refractivity contribution is -0.387. The molecule has 0 fully saturated rings. The predicted octanol–water partition coefficient (Wildman–Crippen LogP) is 3.56. The van der Waals surface area contributed by atoms with Crippen LogP contribution in [0.25, 0.3) is 0 Å². The fraction of sp³-hybridized carbons (Fsp3) is 0.200. The summed E-state index contributed by atoms with van der Waals surface area (Å²) < 4.78 is 0. The first kappa shape index (κ1) is 14.6. The minimum atomic E-state index is -0.332. The summed E-state index contributed by atoms with van der Waals surface area (Å²) >= 11 is 1.42. The zero-order valence-electron chi connectivity index (χ0n) is 11.2. The minimum Gasteiger partial charge on any atom is -0.330 e. The van der Waals surface area contributed by atoms with Gasteiger partial charge < -0.3 is 5.73 Å². The molecule has 0 spiro atoms. The summed E-state index contributed by atoms with van der Waals surface area (Å²) in [5.41, 5.74) is 7.76. The van der Waals surface area contributed by atoms with Gasteiger partial charge in [-0.2, -0.15) is 0 Å². The summed E-state index contributed by atoms with van der Waals surface area (Å²) in [4.78, 5) is 12.5. The van der Waals surface area contributed by atoms with Gasteiger partial charge in [-0.3, -0.25) is 10.1 Å². The molecule has 20 heavy (non-hydrogen) atoms. The number of nitrogens with zero attached hydrogens (tertiary/aromatic N) is 1. The highest BCUT2D eigenvalue weighted by atomic mass is 32.2. The van der Waals surface area contributed by atoms with E-state index in [-0.39, 0.29) is 10.6 Å². The zero-order valence-corrected chi connectivity index (χ0v) is 12.0. The summed E-state index contributed by atoms with van der Waals surface area (Å²) in [6.45, 7) is 2.41. The van der Waals surface area contributed by atoms with Crippen molar-refractivity contribution in [3.8, 4) is 0 Å². The molecule has 2 aromatic rings. The molecule has 0 radical (unpaired) electrons. The third-order valence-corrected chi connectivity index (χ3v) is 4.10. The molecule has 0 aliphatic heterocycles. The van der Waals surface area contributed by atoms with Crippen molar-refractivity contribution in [3.63, 3.8) is 0 Å². The first-order chi connectivity index (χ1) is 9.61. The van der Waals surface area contributed by atoms with Crippen molar-refractivity contribution in [3.05, 3.63) is 63.7 Å². The number of benzene rings is 2. The van der Waals surface area contributed by atoms with E-state index >= 15 is 0 Å². The van der Waals surface area contributed by atoms with E-state index < -0.39 is 0 Å². The van der Waals surface area contributed by atoms with E-state index in [0.717, 1.165) is 22.4 Å². The van der Waals surface area contributed by atoms with Crippen LogP contribution in [0.5, 0.6) is 0 Å². The molecule has 2 aromatic carbocycles. The topological polar surface area (TPSA) is 69.2 Å². The van der Waals surface area contributed by atoms with Crippen LogP contribution in [0.3, 0.4) is 0 Å². The number of nitrogens with two attached hydrogens (primary N) is 1. The molecule has 0 saturated heterocycles. The van der Waals surface area contributed by atoms with Crippen LogP contribution in [0, 0.1) is 17.0 Å². The average Bonchev–Trinajstić information content (AvgIpc) is 2.43. The number of aryl methyl sites for hydroxylation is 1. The van der Waals surface area contributed by atoms with Crippen LogP contribution in [0.2, 0.25) is 0 Å². The summed E-state index contributed by atoms with van der Waals surface area (Å²) in [5.74, 6) is 0. The van der Waals surface area contributed by atoms with Gasteiger partial charge in [0.05, 0.1) is 9.82 Å². The Hall–Kier alpha value is -1.85. The second kappa shape index (κ2) is 6.54. The highest BCUT2D eigenvalue weighted by Gasteiger charge is 2.15. The minimum absolute atomic E-state index is 0.151. The van der Waals surface area contributed by atoms with Gasteiger partial charge in [0.2, 0.25) is 0 Å². The van der Waals surface area contributed by atoms with Gasteiger partial charge in [-0.15, -0.1) is 0 Å². The number of rotatable bonds is 5. The lowest BCUT2D eigenvalue weighted by atomic mass is 10.1. The third kappa shape index (κ3) is 3.37. The monoisotopic (exact) mass is 288 g/mol. The highest BCUT2D eigenvalue weighted by Crippen LogP contribution is 2.36. The van der Waals surface area contributed by atoms with Crippen LogP contribution in [0.1, 0.15) is 11.1 Å². The molecule has 0 heterocycles. The molecule has 0 saturated carbocycles. The van der Waals surface area contributed by atoms with Gasteiger partial charge in [0, 0.05) is 11.0 Å². The van der Waals surface area contributed by atoms with Gasteiger partial charge in [0.15, 0.2) is 0 Å². The molecule has 0 unspecified atom stereocenters. The molecular formula is C15H16N2O2S. The van der Waals surface area contributed by atoms with Crippen molar-refractivity contribution < 1.29 is 4.92 Å². The van der Waals surface area contributed by atoms with Crippen LogP contribution >= 0.6 is 11.8 Å². The van der Waals surface area contributed by atoms with E-state index in [1.165, 1.54) is 11.8 Å². The summed E-state index contributed by atoms with van der Waals surface area (Å²) in [5, 5.41) is 11.1. The number of nitro benzene ring substituents is 1. The Morgan fingerprint density at radius 2 is 1.95 bits per heavy atom. The van der Waals surface area contributed by atoms with Crippen LogP contribution < -0.4 is 5.73 Å². The molecule has 2 N–H and O–H groups in total. The predicted molar refractivity (Wildman–Crippen MR) is 81.2 cm³/mol. The molecule has 0 atom stereocenters. The Balaban J connectivity index is 2.37. The molecule has 5 heteroatoms. The van der Waals surface area contributed by atoms with Gasteiger partial charge >= 0.3 is 0 Å². The van der Waals surface area contributed by atoms with Crippen molar-refractivity contribution in [2.75, 3.05) is 6.54 Å². The molecule has 0 aliphatic rings. The van der Waals surface area contributed by atoms with Gasteiger partial charge in [-0.25, -0.2) is 0 Å². The molecular weight excluding hydrogens is 272 g/mol. The maximum absolute atomic E-state index is 11.1. The van der Waals surface area contributed by atoms with Crippen LogP contribution in [0.4, 0.5) is 5.69 Å². The molecule has 104 valence electrons. The van der Waals surface area contributed by atoms with Crippen molar-refractivity contribution in [1.82, 2.24) is 0 Å². The van der Waals surface area contributed by atoms with Crippen molar-refractivity contribution in [2.24, 2.45) is 5.73 Å². The molecule has 0 amide bonds. The summed E-state index contributed by atoms with van der Waals surface area (Å²) in [6, 6.07) is 13.2. The van der Waals surface area contributed by atoms with E-state index in [4.69, 9.17) is 5.73 Å². The van der Waals surface area contributed by atoms with E-state index in [1.807, 2.05) is 37.3 Å². The number of hydrogen-bond donors (Lipinski definition) is 1. The molecule has 0 aliphatic carbocycles. The number of hydrogen-bond acceptors (Lipinski definition) is 4. The first-order valence-electron chi connectivity index (χ1n) is 6.32. The first-order valence-corrected chi connectivity index (χ1v) is 7.14. The quantitative estimate of drug-likeness (QED) is 0.674. The van der Waals surface area contributed by atoms with Crippen LogP contribution in [-0.4, -0.2) is 11.5 Å². The highest BCUT2D eigenvalue weighted by molar-refractivity contribution is 7.99. The Morgan fingerprint density at radius 1 is 1.20 bits per heavy atom. The second-order valence-electron chi connectivity index (χ2n) is 4.48.